The molecule has 0 bridgehead atoms. The van der Waals surface area contributed by atoms with Crippen molar-refractivity contribution < 1.29 is 0 Å². The SMILES string of the molecule is Clc1nc(-c2cncc3ccccc23)nc2c1CCC2. The fourth-order valence-electron chi connectivity index (χ4n) is 2.80. The summed E-state index contributed by atoms with van der Waals surface area (Å²) in [5.41, 5.74) is 3.15. The quantitative estimate of drug-likeness (QED) is 0.636. The van der Waals surface area contributed by atoms with Crippen molar-refractivity contribution in [1.29, 1.82) is 0 Å². The fraction of sp³-hybridized carbons (Fsp3) is 0.188. The molecule has 98 valence electrons. The summed E-state index contributed by atoms with van der Waals surface area (Å²) < 4.78 is 0. The molecule has 0 saturated carbocycles. The van der Waals surface area contributed by atoms with E-state index < -0.39 is 0 Å². The molecular weight excluding hydrogens is 270 g/mol. The van der Waals surface area contributed by atoms with E-state index in [0.29, 0.717) is 11.0 Å². The molecule has 0 saturated heterocycles. The normalized spacial score (nSPS) is 13.7. The molecule has 1 aromatic carbocycles. The number of pyridine rings is 1. The van der Waals surface area contributed by atoms with Gasteiger partial charge in [0, 0.05) is 34.6 Å². The van der Waals surface area contributed by atoms with E-state index in [1.54, 1.807) is 0 Å². The van der Waals surface area contributed by atoms with Gasteiger partial charge in [0.2, 0.25) is 0 Å². The van der Waals surface area contributed by atoms with Crippen LogP contribution in [0.2, 0.25) is 5.15 Å². The summed E-state index contributed by atoms with van der Waals surface area (Å²) >= 11 is 6.30. The van der Waals surface area contributed by atoms with Crippen molar-refractivity contribution in [1.82, 2.24) is 15.0 Å². The lowest BCUT2D eigenvalue weighted by molar-refractivity contribution is 0.900. The van der Waals surface area contributed by atoms with E-state index in [9.17, 15) is 0 Å². The standard InChI is InChI=1S/C16H12ClN3/c17-15-12-6-3-7-14(12)19-16(20-15)13-9-18-8-10-4-1-2-5-11(10)13/h1-2,4-5,8-9H,3,6-7H2. The Morgan fingerprint density at radius 3 is 2.85 bits per heavy atom. The fourth-order valence-corrected chi connectivity index (χ4v) is 3.09. The number of aryl methyl sites for hydroxylation is 1. The van der Waals surface area contributed by atoms with Crippen LogP contribution in [0.15, 0.2) is 36.7 Å². The van der Waals surface area contributed by atoms with Crippen LogP contribution in [-0.4, -0.2) is 15.0 Å². The number of benzene rings is 1. The minimum absolute atomic E-state index is 0.593. The highest BCUT2D eigenvalue weighted by Crippen LogP contribution is 2.31. The third-order valence-corrected chi connectivity index (χ3v) is 4.10. The molecule has 20 heavy (non-hydrogen) atoms. The Labute approximate surface area is 121 Å². The monoisotopic (exact) mass is 281 g/mol. The smallest absolute Gasteiger partial charge is 0.163 e. The minimum atomic E-state index is 0.593. The summed E-state index contributed by atoms with van der Waals surface area (Å²) in [5.74, 6) is 0.681. The zero-order valence-corrected chi connectivity index (χ0v) is 11.6. The summed E-state index contributed by atoms with van der Waals surface area (Å²) in [6.45, 7) is 0. The molecule has 2 aromatic heterocycles. The number of hydrogen-bond donors (Lipinski definition) is 0. The summed E-state index contributed by atoms with van der Waals surface area (Å²) in [5, 5.41) is 2.79. The van der Waals surface area contributed by atoms with Gasteiger partial charge in [0.05, 0.1) is 0 Å². The van der Waals surface area contributed by atoms with Crippen LogP contribution in [0.5, 0.6) is 0 Å². The number of fused-ring (bicyclic) bond motifs is 2. The maximum absolute atomic E-state index is 6.30. The Morgan fingerprint density at radius 1 is 1.00 bits per heavy atom. The highest BCUT2D eigenvalue weighted by atomic mass is 35.5. The molecular formula is C16H12ClN3. The molecule has 0 fully saturated rings. The van der Waals surface area contributed by atoms with Gasteiger partial charge in [-0.3, -0.25) is 4.98 Å². The molecule has 1 aliphatic carbocycles. The van der Waals surface area contributed by atoms with Crippen LogP contribution >= 0.6 is 11.6 Å². The van der Waals surface area contributed by atoms with Crippen LogP contribution in [0.3, 0.4) is 0 Å². The van der Waals surface area contributed by atoms with Crippen molar-refractivity contribution in [2.75, 3.05) is 0 Å². The predicted molar refractivity (Wildman–Crippen MR) is 79.8 cm³/mol. The van der Waals surface area contributed by atoms with Crippen molar-refractivity contribution in [3.8, 4) is 11.4 Å². The molecule has 1 aliphatic rings. The molecule has 0 amide bonds. The maximum atomic E-state index is 6.30. The van der Waals surface area contributed by atoms with Gasteiger partial charge in [-0.1, -0.05) is 35.9 Å². The van der Waals surface area contributed by atoms with Gasteiger partial charge in [0.25, 0.3) is 0 Å². The van der Waals surface area contributed by atoms with Crippen molar-refractivity contribution in [2.24, 2.45) is 0 Å². The van der Waals surface area contributed by atoms with E-state index in [1.165, 1.54) is 0 Å². The number of aromatic nitrogens is 3. The molecule has 0 spiro atoms. The maximum Gasteiger partial charge on any atom is 0.163 e. The third-order valence-electron chi connectivity index (χ3n) is 3.79. The van der Waals surface area contributed by atoms with Gasteiger partial charge in [0.15, 0.2) is 5.82 Å². The summed E-state index contributed by atoms with van der Waals surface area (Å²) in [6.07, 6.45) is 6.76. The molecule has 3 aromatic rings. The van der Waals surface area contributed by atoms with E-state index in [1.807, 2.05) is 30.6 Å². The Morgan fingerprint density at radius 2 is 1.90 bits per heavy atom. The van der Waals surface area contributed by atoms with Gasteiger partial charge in [-0.15, -0.1) is 0 Å². The Balaban J connectivity index is 1.98. The van der Waals surface area contributed by atoms with Gasteiger partial charge < -0.3 is 0 Å². The van der Waals surface area contributed by atoms with Gasteiger partial charge in [-0.2, -0.15) is 0 Å². The van der Waals surface area contributed by atoms with E-state index in [4.69, 9.17) is 16.6 Å². The van der Waals surface area contributed by atoms with Crippen LogP contribution in [-0.2, 0) is 12.8 Å². The number of rotatable bonds is 1. The predicted octanol–water partition coefficient (Wildman–Crippen LogP) is 3.83. The first kappa shape index (κ1) is 11.8. The summed E-state index contributed by atoms with van der Waals surface area (Å²) in [6, 6.07) is 8.13. The third kappa shape index (κ3) is 1.78. The number of hydrogen-bond acceptors (Lipinski definition) is 3. The molecule has 0 unspecified atom stereocenters. The van der Waals surface area contributed by atoms with Gasteiger partial charge >= 0.3 is 0 Å². The number of nitrogens with zero attached hydrogens (tertiary/aromatic N) is 3. The van der Waals surface area contributed by atoms with E-state index in [-0.39, 0.29) is 0 Å². The zero-order valence-electron chi connectivity index (χ0n) is 10.8. The Hall–Kier alpha value is -2.00. The first-order valence-corrected chi connectivity index (χ1v) is 7.09. The molecule has 0 aliphatic heterocycles. The van der Waals surface area contributed by atoms with E-state index in [0.717, 1.165) is 46.9 Å². The second kappa shape index (κ2) is 4.53. The summed E-state index contributed by atoms with van der Waals surface area (Å²) in [4.78, 5) is 13.5. The van der Waals surface area contributed by atoms with Crippen LogP contribution in [0, 0.1) is 0 Å². The molecule has 0 N–H and O–H groups in total. The van der Waals surface area contributed by atoms with E-state index >= 15 is 0 Å². The summed E-state index contributed by atoms with van der Waals surface area (Å²) in [7, 11) is 0. The molecule has 0 atom stereocenters. The van der Waals surface area contributed by atoms with Gasteiger partial charge in [-0.05, 0) is 24.6 Å². The van der Waals surface area contributed by atoms with Crippen molar-refractivity contribution in [2.45, 2.75) is 19.3 Å². The molecule has 2 heterocycles. The number of halogens is 1. The largest absolute Gasteiger partial charge is 0.263 e. The van der Waals surface area contributed by atoms with Crippen LogP contribution in [0.1, 0.15) is 17.7 Å². The second-order valence-corrected chi connectivity index (χ2v) is 5.38. The topological polar surface area (TPSA) is 38.7 Å². The Bertz CT molecular complexity index is 809. The van der Waals surface area contributed by atoms with Crippen LogP contribution < -0.4 is 0 Å². The first-order valence-electron chi connectivity index (χ1n) is 6.71. The molecule has 3 nitrogen and oxygen atoms in total. The average Bonchev–Trinajstić information content (AvgIpc) is 2.95. The van der Waals surface area contributed by atoms with Crippen molar-refractivity contribution in [3.05, 3.63) is 53.1 Å². The first-order chi connectivity index (χ1) is 9.83. The van der Waals surface area contributed by atoms with Gasteiger partial charge in [-0.25, -0.2) is 9.97 Å². The highest BCUT2D eigenvalue weighted by Gasteiger charge is 2.19. The molecule has 4 rings (SSSR count). The lowest BCUT2D eigenvalue weighted by Crippen LogP contribution is -1.98. The lowest BCUT2D eigenvalue weighted by atomic mass is 10.1. The van der Waals surface area contributed by atoms with Gasteiger partial charge in [0.1, 0.15) is 5.15 Å². The molecule has 0 radical (unpaired) electrons. The minimum Gasteiger partial charge on any atom is -0.263 e. The van der Waals surface area contributed by atoms with Crippen molar-refractivity contribution in [3.63, 3.8) is 0 Å². The Kier molecular flexibility index (Phi) is 2.67. The zero-order chi connectivity index (χ0) is 13.5. The molecule has 4 heteroatoms. The van der Waals surface area contributed by atoms with E-state index in [2.05, 4.69) is 16.0 Å². The van der Waals surface area contributed by atoms with Crippen LogP contribution in [0.25, 0.3) is 22.2 Å². The lowest BCUT2D eigenvalue weighted by Gasteiger charge is -2.08. The average molecular weight is 282 g/mol. The van der Waals surface area contributed by atoms with Crippen molar-refractivity contribution >= 4 is 22.4 Å². The van der Waals surface area contributed by atoms with Crippen LogP contribution in [0.4, 0.5) is 0 Å². The highest BCUT2D eigenvalue weighted by molar-refractivity contribution is 6.30. The second-order valence-electron chi connectivity index (χ2n) is 5.03.